The van der Waals surface area contributed by atoms with Crippen LogP contribution in [0.4, 0.5) is 0 Å². The van der Waals surface area contributed by atoms with Crippen LogP contribution >= 0.6 is 0 Å². The van der Waals surface area contributed by atoms with Crippen LogP contribution in [0.3, 0.4) is 0 Å². The van der Waals surface area contributed by atoms with Crippen molar-refractivity contribution >= 4 is 41.8 Å². The van der Waals surface area contributed by atoms with E-state index in [1.807, 2.05) is 0 Å². The number of fused-ring (bicyclic) bond motifs is 1. The van der Waals surface area contributed by atoms with Crippen LogP contribution in [0, 0.1) is 0 Å². The fourth-order valence-corrected chi connectivity index (χ4v) is 3.79. The average Bonchev–Trinajstić information content (AvgIpc) is 2.98. The number of benzene rings is 2. The highest BCUT2D eigenvalue weighted by Crippen LogP contribution is 2.30. The van der Waals surface area contributed by atoms with Crippen LogP contribution in [0.15, 0.2) is 42.5 Å². The number of nitrogens with one attached hydrogen (secondary N) is 1. The topological polar surface area (TPSA) is 121 Å². The normalized spacial score (nSPS) is 18.5. The lowest BCUT2D eigenvalue weighted by Gasteiger charge is -2.27. The number of piperidine rings is 1. The molecule has 31 heavy (non-hydrogen) atoms. The molecule has 0 radical (unpaired) electrons. The summed E-state index contributed by atoms with van der Waals surface area (Å²) in [6, 6.07) is 10.8. The maximum absolute atomic E-state index is 13.1. The Morgan fingerprint density at radius 3 is 2.45 bits per heavy atom. The van der Waals surface area contributed by atoms with Crippen LogP contribution in [-0.2, 0) is 20.8 Å². The number of nitrogens with zero attached hydrogens (tertiary/aromatic N) is 1. The largest absolute Gasteiger partial charge is 0.481 e. The molecular formula is C23H18N2O6. The van der Waals surface area contributed by atoms with Crippen molar-refractivity contribution < 1.29 is 29.1 Å². The van der Waals surface area contributed by atoms with Gasteiger partial charge in [-0.1, -0.05) is 48.6 Å². The molecule has 2 aromatic rings. The minimum atomic E-state index is -1.01. The number of carboxylic acids is 1. The van der Waals surface area contributed by atoms with Gasteiger partial charge in [0.05, 0.1) is 17.5 Å². The summed E-state index contributed by atoms with van der Waals surface area (Å²) in [5.74, 6) is -3.10. The summed E-state index contributed by atoms with van der Waals surface area (Å²) in [6.45, 7) is 0. The molecule has 0 aliphatic carbocycles. The second-order valence-corrected chi connectivity index (χ2v) is 7.36. The van der Waals surface area contributed by atoms with E-state index in [0.717, 1.165) is 10.5 Å². The van der Waals surface area contributed by atoms with E-state index >= 15 is 0 Å². The number of hydrogen-bond acceptors (Lipinski definition) is 5. The number of amides is 4. The Bertz CT molecular complexity index is 1150. The van der Waals surface area contributed by atoms with Crippen LogP contribution < -0.4 is 5.32 Å². The predicted octanol–water partition coefficient (Wildman–Crippen LogP) is 1.89. The van der Waals surface area contributed by atoms with Crippen molar-refractivity contribution in [2.75, 3.05) is 0 Å². The number of carboxylic acid groups (broad SMARTS) is 1. The third-order valence-corrected chi connectivity index (χ3v) is 5.29. The van der Waals surface area contributed by atoms with Crippen LogP contribution in [0.2, 0.25) is 0 Å². The van der Waals surface area contributed by atoms with Gasteiger partial charge in [0.1, 0.15) is 6.04 Å². The molecule has 1 saturated heterocycles. The van der Waals surface area contributed by atoms with Crippen molar-refractivity contribution in [3.63, 3.8) is 0 Å². The molecule has 2 aliphatic heterocycles. The van der Waals surface area contributed by atoms with Crippen molar-refractivity contribution in [3.05, 3.63) is 70.3 Å². The Labute approximate surface area is 177 Å². The minimum Gasteiger partial charge on any atom is -0.481 e. The lowest BCUT2D eigenvalue weighted by atomic mass is 10.0. The zero-order valence-electron chi connectivity index (χ0n) is 16.3. The zero-order valence-corrected chi connectivity index (χ0v) is 16.3. The lowest BCUT2D eigenvalue weighted by Crippen LogP contribution is -2.54. The van der Waals surface area contributed by atoms with E-state index in [0.29, 0.717) is 11.1 Å². The molecule has 1 unspecified atom stereocenters. The number of imide groups is 2. The Hall–Kier alpha value is -4.07. The number of hydrogen-bond donors (Lipinski definition) is 2. The highest BCUT2D eigenvalue weighted by molar-refractivity contribution is 6.24. The summed E-state index contributed by atoms with van der Waals surface area (Å²) in [4.78, 5) is 61.2. The second kappa shape index (κ2) is 7.98. The third-order valence-electron chi connectivity index (χ3n) is 5.29. The van der Waals surface area contributed by atoms with Crippen molar-refractivity contribution in [1.82, 2.24) is 10.2 Å². The van der Waals surface area contributed by atoms with E-state index in [2.05, 4.69) is 5.32 Å². The molecule has 2 N–H and O–H groups in total. The maximum atomic E-state index is 13.1. The molecule has 2 aromatic carbocycles. The molecule has 0 saturated carbocycles. The molecule has 4 rings (SSSR count). The predicted molar refractivity (Wildman–Crippen MR) is 110 cm³/mol. The SMILES string of the molecule is O=C(O)Cc1ccc(/C=C/c2cccc3c2C(=O)N(C2CCC(=O)NC2=O)C3=O)cc1. The monoisotopic (exact) mass is 418 g/mol. The highest BCUT2D eigenvalue weighted by atomic mass is 16.4. The second-order valence-electron chi connectivity index (χ2n) is 7.36. The first-order chi connectivity index (χ1) is 14.8. The summed E-state index contributed by atoms with van der Waals surface area (Å²) in [5, 5.41) is 11.0. The molecule has 156 valence electrons. The van der Waals surface area contributed by atoms with Gasteiger partial charge in [-0.05, 0) is 29.2 Å². The third kappa shape index (κ3) is 3.87. The lowest BCUT2D eigenvalue weighted by molar-refractivity contribution is -0.137. The Morgan fingerprint density at radius 1 is 1.03 bits per heavy atom. The van der Waals surface area contributed by atoms with E-state index in [4.69, 9.17) is 5.11 Å². The Kier molecular flexibility index (Phi) is 5.21. The van der Waals surface area contributed by atoms with Crippen LogP contribution in [0.1, 0.15) is 50.2 Å². The molecule has 4 amide bonds. The molecule has 2 heterocycles. The summed E-state index contributed by atoms with van der Waals surface area (Å²) < 4.78 is 0. The Morgan fingerprint density at radius 2 is 1.77 bits per heavy atom. The maximum Gasteiger partial charge on any atom is 0.307 e. The first-order valence-electron chi connectivity index (χ1n) is 9.68. The zero-order chi connectivity index (χ0) is 22.1. The van der Waals surface area contributed by atoms with E-state index in [9.17, 15) is 24.0 Å². The van der Waals surface area contributed by atoms with Crippen molar-refractivity contribution in [1.29, 1.82) is 0 Å². The summed E-state index contributed by atoms with van der Waals surface area (Å²) >= 11 is 0. The number of aliphatic carboxylic acids is 1. The first kappa shape index (κ1) is 20.2. The first-order valence-corrected chi connectivity index (χ1v) is 9.68. The molecule has 8 heteroatoms. The molecule has 0 aromatic heterocycles. The average molecular weight is 418 g/mol. The highest BCUT2D eigenvalue weighted by Gasteiger charge is 2.45. The van der Waals surface area contributed by atoms with Crippen molar-refractivity contribution in [2.45, 2.75) is 25.3 Å². The molecule has 1 fully saturated rings. The van der Waals surface area contributed by atoms with E-state index < -0.39 is 35.6 Å². The van der Waals surface area contributed by atoms with Crippen molar-refractivity contribution in [2.24, 2.45) is 0 Å². The van der Waals surface area contributed by atoms with Gasteiger partial charge in [-0.15, -0.1) is 0 Å². The van der Waals surface area contributed by atoms with Gasteiger partial charge in [0.25, 0.3) is 11.8 Å². The quantitative estimate of drug-likeness (QED) is 0.565. The Balaban J connectivity index is 1.60. The summed E-state index contributed by atoms with van der Waals surface area (Å²) in [6.07, 6.45) is 3.55. The van der Waals surface area contributed by atoms with Crippen LogP contribution in [0.5, 0.6) is 0 Å². The fraction of sp³-hybridized carbons (Fsp3) is 0.174. The van der Waals surface area contributed by atoms with Gasteiger partial charge in [0, 0.05) is 6.42 Å². The van der Waals surface area contributed by atoms with Gasteiger partial charge >= 0.3 is 5.97 Å². The van der Waals surface area contributed by atoms with Gasteiger partial charge in [0.2, 0.25) is 11.8 Å². The molecule has 0 spiro atoms. The summed E-state index contributed by atoms with van der Waals surface area (Å²) in [7, 11) is 0. The van der Waals surface area contributed by atoms with Gasteiger partial charge < -0.3 is 5.11 Å². The van der Waals surface area contributed by atoms with Gasteiger partial charge in [0.15, 0.2) is 0 Å². The van der Waals surface area contributed by atoms with Crippen LogP contribution in [0.25, 0.3) is 12.2 Å². The van der Waals surface area contributed by atoms with E-state index in [-0.39, 0.29) is 30.4 Å². The van der Waals surface area contributed by atoms with Crippen molar-refractivity contribution in [3.8, 4) is 0 Å². The standard InChI is InChI=1S/C23H18N2O6/c26-18-11-10-17(21(29)24-18)25-22(30)16-3-1-2-15(20(16)23(25)31)9-8-13-4-6-14(7-5-13)12-19(27)28/h1-9,17H,10-12H2,(H,27,28)(H,24,26,29)/b9-8+. The van der Waals surface area contributed by atoms with Crippen LogP contribution in [-0.4, -0.2) is 45.6 Å². The molecule has 0 bridgehead atoms. The molecule has 8 nitrogen and oxygen atoms in total. The minimum absolute atomic E-state index is 0.0639. The fourth-order valence-electron chi connectivity index (χ4n) is 3.79. The number of rotatable bonds is 5. The number of carbonyl (C=O) groups is 5. The van der Waals surface area contributed by atoms with E-state index in [1.165, 1.54) is 0 Å². The summed E-state index contributed by atoms with van der Waals surface area (Å²) in [5.41, 5.74) is 2.43. The molecule has 1 atom stereocenters. The van der Waals surface area contributed by atoms with Gasteiger partial charge in [-0.25, -0.2) is 0 Å². The van der Waals surface area contributed by atoms with Gasteiger partial charge in [-0.2, -0.15) is 0 Å². The van der Waals surface area contributed by atoms with Gasteiger partial charge in [-0.3, -0.25) is 34.2 Å². The smallest absolute Gasteiger partial charge is 0.307 e. The molecular weight excluding hydrogens is 400 g/mol. The van der Waals surface area contributed by atoms with E-state index in [1.54, 1.807) is 54.6 Å². The number of carbonyl (C=O) groups excluding carboxylic acids is 4. The molecule has 2 aliphatic rings.